The zero-order valence-corrected chi connectivity index (χ0v) is 13.1. The Bertz CT molecular complexity index is 984. The molecule has 0 aliphatic carbocycles. The Kier molecular flexibility index (Phi) is 3.97. The first kappa shape index (κ1) is 16.9. The number of benzene rings is 1. The number of nitrogens with zero attached hydrogens (tertiary/aromatic N) is 3. The van der Waals surface area contributed by atoms with E-state index >= 15 is 0 Å². The minimum Gasteiger partial charge on any atom is -0.465 e. The largest absolute Gasteiger partial charge is 0.465 e. The van der Waals surface area contributed by atoms with Gasteiger partial charge in [-0.2, -0.15) is 18.2 Å². The van der Waals surface area contributed by atoms with Gasteiger partial charge in [-0.3, -0.25) is 9.78 Å². The van der Waals surface area contributed by atoms with Crippen molar-refractivity contribution in [3.63, 3.8) is 0 Å². The highest BCUT2D eigenvalue weighted by molar-refractivity contribution is 5.73. The topological polar surface area (TPSA) is 72.8 Å². The molecule has 10 heteroatoms. The van der Waals surface area contributed by atoms with Gasteiger partial charge < -0.3 is 4.74 Å². The van der Waals surface area contributed by atoms with Gasteiger partial charge in [-0.25, -0.2) is 9.07 Å². The van der Waals surface area contributed by atoms with Crippen molar-refractivity contribution < 1.29 is 22.3 Å². The number of nitrogens with one attached hydrogen (secondary N) is 1. The number of aromatic amines is 1. The number of hydrogen-bond acceptors (Lipinski definition) is 4. The van der Waals surface area contributed by atoms with E-state index in [0.717, 1.165) is 10.7 Å². The molecule has 1 N–H and O–H groups in total. The van der Waals surface area contributed by atoms with Crippen molar-refractivity contribution in [3.05, 3.63) is 45.6 Å². The fourth-order valence-corrected chi connectivity index (χ4v) is 2.41. The molecule has 0 bridgehead atoms. The van der Waals surface area contributed by atoms with E-state index in [1.54, 1.807) is 6.92 Å². The summed E-state index contributed by atoms with van der Waals surface area (Å²) in [6.45, 7) is 3.29. The van der Waals surface area contributed by atoms with E-state index in [4.69, 9.17) is 4.74 Å². The quantitative estimate of drug-likeness (QED) is 0.733. The molecule has 0 unspecified atom stereocenters. The van der Waals surface area contributed by atoms with E-state index in [1.807, 2.05) is 0 Å². The van der Waals surface area contributed by atoms with Crippen LogP contribution in [0.3, 0.4) is 0 Å². The molecular weight excluding hydrogens is 344 g/mol. The van der Waals surface area contributed by atoms with Crippen LogP contribution in [0.4, 0.5) is 17.6 Å². The molecular formula is C15H12F4N4O2. The normalized spacial score (nSPS) is 11.9. The standard InChI is InChI=1S/C15H12F4N4O2/c1-3-25-14-20-12-9(13(24)21-14)6-23(22-12)11-7(2)4-8(5-10(11)16)15(17,18)19/h4-6H,3H2,1-2H3,(H,20,21,22,24). The van der Waals surface area contributed by atoms with Crippen molar-refractivity contribution in [1.82, 2.24) is 19.7 Å². The van der Waals surface area contributed by atoms with Crippen LogP contribution >= 0.6 is 0 Å². The molecule has 3 rings (SSSR count). The van der Waals surface area contributed by atoms with Crippen molar-refractivity contribution in [2.45, 2.75) is 20.0 Å². The van der Waals surface area contributed by atoms with Gasteiger partial charge in [0.1, 0.15) is 16.9 Å². The van der Waals surface area contributed by atoms with Gasteiger partial charge in [0, 0.05) is 6.20 Å². The predicted molar refractivity (Wildman–Crippen MR) is 80.4 cm³/mol. The lowest BCUT2D eigenvalue weighted by Gasteiger charge is -2.12. The lowest BCUT2D eigenvalue weighted by Crippen LogP contribution is -2.09. The molecule has 25 heavy (non-hydrogen) atoms. The van der Waals surface area contributed by atoms with Crippen molar-refractivity contribution >= 4 is 11.0 Å². The van der Waals surface area contributed by atoms with Crippen molar-refractivity contribution in [3.8, 4) is 11.7 Å². The minimum atomic E-state index is -4.66. The number of ether oxygens (including phenoxy) is 1. The van der Waals surface area contributed by atoms with E-state index in [9.17, 15) is 22.4 Å². The van der Waals surface area contributed by atoms with Gasteiger partial charge in [0.2, 0.25) is 0 Å². The van der Waals surface area contributed by atoms with Crippen LogP contribution in [-0.2, 0) is 6.18 Å². The van der Waals surface area contributed by atoms with E-state index < -0.39 is 23.1 Å². The lowest BCUT2D eigenvalue weighted by molar-refractivity contribution is -0.137. The summed E-state index contributed by atoms with van der Waals surface area (Å²) in [6.07, 6.45) is -3.46. The molecule has 0 spiro atoms. The number of H-pyrrole nitrogens is 1. The Morgan fingerprint density at radius 2 is 2.04 bits per heavy atom. The Labute approximate surface area is 138 Å². The Morgan fingerprint density at radius 3 is 2.64 bits per heavy atom. The zero-order valence-electron chi connectivity index (χ0n) is 13.1. The number of alkyl halides is 3. The molecule has 0 aliphatic rings. The number of rotatable bonds is 3. The fourth-order valence-electron chi connectivity index (χ4n) is 2.41. The number of hydrogen-bond donors (Lipinski definition) is 1. The van der Waals surface area contributed by atoms with Gasteiger partial charge in [0.25, 0.3) is 11.6 Å². The molecule has 0 aliphatic heterocycles. The van der Waals surface area contributed by atoms with Crippen LogP contribution < -0.4 is 10.3 Å². The van der Waals surface area contributed by atoms with E-state index in [-0.39, 0.29) is 34.9 Å². The monoisotopic (exact) mass is 356 g/mol. The van der Waals surface area contributed by atoms with E-state index in [0.29, 0.717) is 6.07 Å². The van der Waals surface area contributed by atoms with Crippen LogP contribution in [0.15, 0.2) is 23.1 Å². The Hall–Kier alpha value is -2.91. The highest BCUT2D eigenvalue weighted by Crippen LogP contribution is 2.32. The average Bonchev–Trinajstić information content (AvgIpc) is 2.90. The molecule has 2 aromatic heterocycles. The first-order chi connectivity index (χ1) is 11.7. The Morgan fingerprint density at radius 1 is 1.32 bits per heavy atom. The van der Waals surface area contributed by atoms with Crippen molar-refractivity contribution in [2.24, 2.45) is 0 Å². The van der Waals surface area contributed by atoms with E-state index in [2.05, 4.69) is 15.1 Å². The maximum Gasteiger partial charge on any atom is 0.416 e. The fraction of sp³-hybridized carbons (Fsp3) is 0.267. The highest BCUT2D eigenvalue weighted by atomic mass is 19.4. The van der Waals surface area contributed by atoms with Crippen LogP contribution in [-0.4, -0.2) is 26.4 Å². The van der Waals surface area contributed by atoms with Crippen LogP contribution in [0.25, 0.3) is 16.7 Å². The predicted octanol–water partition coefficient (Wildman–Crippen LogP) is 2.97. The third-order valence-corrected chi connectivity index (χ3v) is 3.46. The SMILES string of the molecule is CCOc1nc2nn(-c3c(C)cc(C(F)(F)F)cc3F)cc2c(=O)[nH]1. The molecule has 6 nitrogen and oxygen atoms in total. The zero-order chi connectivity index (χ0) is 18.4. The summed E-state index contributed by atoms with van der Waals surface area (Å²) in [5.41, 5.74) is -1.84. The molecule has 0 saturated heterocycles. The molecule has 0 amide bonds. The summed E-state index contributed by atoms with van der Waals surface area (Å²) >= 11 is 0. The number of aryl methyl sites for hydroxylation is 1. The van der Waals surface area contributed by atoms with Crippen LogP contribution in [0.1, 0.15) is 18.1 Å². The average molecular weight is 356 g/mol. The maximum absolute atomic E-state index is 14.3. The van der Waals surface area contributed by atoms with Crippen molar-refractivity contribution in [1.29, 1.82) is 0 Å². The molecule has 1 aromatic carbocycles. The van der Waals surface area contributed by atoms with Gasteiger partial charge in [0.05, 0.1) is 12.2 Å². The second-order valence-corrected chi connectivity index (χ2v) is 5.24. The number of aromatic nitrogens is 4. The molecule has 0 fully saturated rings. The summed E-state index contributed by atoms with van der Waals surface area (Å²) in [6, 6.07) is 1.15. The first-order valence-electron chi connectivity index (χ1n) is 7.21. The minimum absolute atomic E-state index is 0.00843. The first-order valence-corrected chi connectivity index (χ1v) is 7.21. The molecule has 0 atom stereocenters. The third kappa shape index (κ3) is 3.06. The Balaban J connectivity index is 2.17. The molecule has 3 aromatic rings. The second-order valence-electron chi connectivity index (χ2n) is 5.24. The van der Waals surface area contributed by atoms with Gasteiger partial charge in [-0.1, -0.05) is 0 Å². The summed E-state index contributed by atoms with van der Waals surface area (Å²) in [5.74, 6) is -1.11. The van der Waals surface area contributed by atoms with Gasteiger partial charge >= 0.3 is 6.18 Å². The molecule has 0 radical (unpaired) electrons. The van der Waals surface area contributed by atoms with Crippen molar-refractivity contribution in [2.75, 3.05) is 6.61 Å². The highest BCUT2D eigenvalue weighted by Gasteiger charge is 2.32. The smallest absolute Gasteiger partial charge is 0.416 e. The maximum atomic E-state index is 14.3. The molecule has 0 saturated carbocycles. The van der Waals surface area contributed by atoms with Crippen LogP contribution in [0.5, 0.6) is 6.01 Å². The summed E-state index contributed by atoms with van der Waals surface area (Å²) < 4.78 is 58.6. The van der Waals surface area contributed by atoms with E-state index in [1.165, 1.54) is 13.1 Å². The third-order valence-electron chi connectivity index (χ3n) is 3.46. The number of fused-ring (bicyclic) bond motifs is 1. The number of halogens is 4. The second kappa shape index (κ2) is 5.87. The summed E-state index contributed by atoms with van der Waals surface area (Å²) in [5, 5.41) is 4.04. The van der Waals surface area contributed by atoms with Crippen LogP contribution in [0.2, 0.25) is 0 Å². The molecule has 2 heterocycles. The van der Waals surface area contributed by atoms with Gasteiger partial charge in [-0.15, -0.1) is 5.10 Å². The van der Waals surface area contributed by atoms with Gasteiger partial charge in [0.15, 0.2) is 5.65 Å². The lowest BCUT2D eigenvalue weighted by atomic mass is 10.1. The summed E-state index contributed by atoms with van der Waals surface area (Å²) in [4.78, 5) is 18.4. The van der Waals surface area contributed by atoms with Crippen LogP contribution in [0, 0.1) is 12.7 Å². The summed E-state index contributed by atoms with van der Waals surface area (Å²) in [7, 11) is 0. The molecule has 132 valence electrons. The van der Waals surface area contributed by atoms with Gasteiger partial charge in [-0.05, 0) is 31.5 Å².